The van der Waals surface area contributed by atoms with Crippen LogP contribution >= 0.6 is 27.7 Å². The molecule has 3 aromatic rings. The van der Waals surface area contributed by atoms with Gasteiger partial charge < -0.3 is 15.2 Å². The Hall–Kier alpha value is -2.65. The second-order valence-electron chi connectivity index (χ2n) is 8.90. The minimum Gasteiger partial charge on any atom is -0.342 e. The first-order chi connectivity index (χ1) is 16.6. The van der Waals surface area contributed by atoms with Gasteiger partial charge in [-0.25, -0.2) is 0 Å². The van der Waals surface area contributed by atoms with E-state index in [1.165, 1.54) is 11.8 Å². The molecule has 0 fully saturated rings. The maximum absolute atomic E-state index is 12.9. The third-order valence-electron chi connectivity index (χ3n) is 5.76. The van der Waals surface area contributed by atoms with Gasteiger partial charge in [0.1, 0.15) is 0 Å². The highest BCUT2D eigenvalue weighted by Gasteiger charge is 2.26. The van der Waals surface area contributed by atoms with E-state index in [1.807, 2.05) is 76.4 Å². The summed E-state index contributed by atoms with van der Waals surface area (Å²) in [5, 5.41) is 15.5. The van der Waals surface area contributed by atoms with Crippen molar-refractivity contribution in [3.8, 4) is 0 Å². The quantitative estimate of drug-likeness (QED) is 0.322. The third kappa shape index (κ3) is 6.73. The summed E-state index contributed by atoms with van der Waals surface area (Å²) in [6.45, 7) is 12.7. The van der Waals surface area contributed by atoms with Crippen LogP contribution in [0.3, 0.4) is 0 Å². The Kier molecular flexibility index (Phi) is 9.13. The van der Waals surface area contributed by atoms with E-state index in [0.29, 0.717) is 23.1 Å². The zero-order chi connectivity index (χ0) is 25.7. The fourth-order valence-electron chi connectivity index (χ4n) is 3.67. The molecule has 0 aliphatic rings. The monoisotopic (exact) mass is 557 g/mol. The number of nitrogens with one attached hydrogen (secondary N) is 2. The number of nitrogens with zero attached hydrogens (tertiary/aromatic N) is 3. The smallest absolute Gasteiger partial charge is 0.251 e. The minimum absolute atomic E-state index is 0.0986. The second-order valence-corrected chi connectivity index (χ2v) is 10.7. The van der Waals surface area contributed by atoms with E-state index >= 15 is 0 Å². The Balaban J connectivity index is 1.72. The van der Waals surface area contributed by atoms with Gasteiger partial charge in [-0.05, 0) is 84.9 Å². The molecule has 1 aromatic heterocycles. The molecule has 2 N–H and O–H groups in total. The average molecular weight is 559 g/mol. The zero-order valence-electron chi connectivity index (χ0n) is 21.0. The summed E-state index contributed by atoms with van der Waals surface area (Å²) in [7, 11) is 0. The topological polar surface area (TPSA) is 88.9 Å². The van der Waals surface area contributed by atoms with Gasteiger partial charge in [0, 0.05) is 16.6 Å². The molecule has 186 valence electrons. The van der Waals surface area contributed by atoms with Gasteiger partial charge in [-0.3, -0.25) is 9.59 Å². The Bertz CT molecular complexity index is 1220. The van der Waals surface area contributed by atoms with Crippen LogP contribution in [0.25, 0.3) is 0 Å². The summed E-state index contributed by atoms with van der Waals surface area (Å²) < 4.78 is 2.81. The van der Waals surface area contributed by atoms with E-state index in [0.717, 1.165) is 26.9 Å². The predicted octanol–water partition coefficient (Wildman–Crippen LogP) is 5.84. The van der Waals surface area contributed by atoms with Crippen LogP contribution in [0.4, 0.5) is 5.69 Å². The van der Waals surface area contributed by atoms with Gasteiger partial charge >= 0.3 is 0 Å². The maximum atomic E-state index is 12.9. The van der Waals surface area contributed by atoms with Crippen molar-refractivity contribution in [3.05, 3.63) is 68.9 Å². The first kappa shape index (κ1) is 26.9. The Morgan fingerprint density at radius 1 is 1.09 bits per heavy atom. The highest BCUT2D eigenvalue weighted by molar-refractivity contribution is 9.10. The van der Waals surface area contributed by atoms with Crippen LogP contribution in [0.2, 0.25) is 0 Å². The van der Waals surface area contributed by atoms with Gasteiger partial charge in [-0.1, -0.05) is 43.3 Å². The first-order valence-corrected chi connectivity index (χ1v) is 13.4. The lowest BCUT2D eigenvalue weighted by Gasteiger charge is -2.22. The molecule has 1 atom stereocenters. The summed E-state index contributed by atoms with van der Waals surface area (Å²) in [4.78, 5) is 25.6. The van der Waals surface area contributed by atoms with E-state index in [9.17, 15) is 9.59 Å². The second kappa shape index (κ2) is 11.9. The average Bonchev–Trinajstić information content (AvgIpc) is 3.21. The number of hydrogen-bond acceptors (Lipinski definition) is 5. The molecule has 0 unspecified atom stereocenters. The SMILES string of the molecule is CCn1c(SCC(=O)Nc2cc(C)c(C)cc2Br)nnc1[C@H](NC(=O)c1cccc(C)c1)C(C)C. The van der Waals surface area contributed by atoms with Gasteiger partial charge in [-0.15, -0.1) is 10.2 Å². The van der Waals surface area contributed by atoms with Gasteiger partial charge in [0.25, 0.3) is 5.91 Å². The van der Waals surface area contributed by atoms with Gasteiger partial charge in [0.15, 0.2) is 11.0 Å². The highest BCUT2D eigenvalue weighted by Crippen LogP contribution is 2.28. The third-order valence-corrected chi connectivity index (χ3v) is 7.39. The van der Waals surface area contributed by atoms with Crippen molar-refractivity contribution < 1.29 is 9.59 Å². The number of rotatable bonds is 9. The predicted molar refractivity (Wildman–Crippen MR) is 145 cm³/mol. The number of thioether (sulfide) groups is 1. The van der Waals surface area contributed by atoms with Crippen LogP contribution in [0.1, 0.15) is 59.7 Å². The summed E-state index contributed by atoms with van der Waals surface area (Å²) >= 11 is 4.85. The molecule has 2 amide bonds. The maximum Gasteiger partial charge on any atom is 0.251 e. The number of carbonyl (C=O) groups excluding carboxylic acids is 2. The largest absolute Gasteiger partial charge is 0.342 e. The lowest BCUT2D eigenvalue weighted by molar-refractivity contribution is -0.113. The van der Waals surface area contributed by atoms with Crippen LogP contribution in [0, 0.1) is 26.7 Å². The van der Waals surface area contributed by atoms with Crippen LogP contribution < -0.4 is 10.6 Å². The van der Waals surface area contributed by atoms with E-state index in [-0.39, 0.29) is 29.5 Å². The molecule has 0 radical (unpaired) electrons. The molecule has 3 rings (SSSR count). The van der Waals surface area contributed by atoms with Crippen molar-refractivity contribution in [2.75, 3.05) is 11.1 Å². The molecule has 9 heteroatoms. The molecule has 0 bridgehead atoms. The number of anilines is 1. The molecule has 0 aliphatic heterocycles. The number of benzene rings is 2. The Morgan fingerprint density at radius 3 is 2.46 bits per heavy atom. The van der Waals surface area contributed by atoms with Crippen molar-refractivity contribution in [1.29, 1.82) is 0 Å². The summed E-state index contributed by atoms with van der Waals surface area (Å²) in [6.07, 6.45) is 0. The molecule has 1 heterocycles. The van der Waals surface area contributed by atoms with Crippen molar-refractivity contribution in [3.63, 3.8) is 0 Å². The first-order valence-electron chi connectivity index (χ1n) is 11.6. The molecule has 0 saturated carbocycles. The zero-order valence-corrected chi connectivity index (χ0v) is 23.4. The Morgan fingerprint density at radius 2 is 1.80 bits per heavy atom. The highest BCUT2D eigenvalue weighted by atomic mass is 79.9. The molecule has 7 nitrogen and oxygen atoms in total. The molecular weight excluding hydrogens is 526 g/mol. The molecular formula is C26H32BrN5O2S. The van der Waals surface area contributed by atoms with Gasteiger partial charge in [0.2, 0.25) is 5.91 Å². The van der Waals surface area contributed by atoms with E-state index < -0.39 is 0 Å². The molecule has 0 saturated heterocycles. The van der Waals surface area contributed by atoms with Crippen LogP contribution in [-0.2, 0) is 11.3 Å². The number of carbonyl (C=O) groups is 2. The summed E-state index contributed by atoms with van der Waals surface area (Å²) in [5.74, 6) is 0.703. The van der Waals surface area contributed by atoms with E-state index in [4.69, 9.17) is 0 Å². The van der Waals surface area contributed by atoms with Crippen LogP contribution in [0.15, 0.2) is 46.0 Å². The van der Waals surface area contributed by atoms with E-state index in [1.54, 1.807) is 6.07 Å². The van der Waals surface area contributed by atoms with E-state index in [2.05, 4.69) is 36.8 Å². The van der Waals surface area contributed by atoms with Gasteiger partial charge in [0.05, 0.1) is 17.5 Å². The number of halogens is 1. The lowest BCUT2D eigenvalue weighted by Crippen LogP contribution is -2.33. The van der Waals surface area contributed by atoms with Crippen molar-refractivity contribution in [2.24, 2.45) is 5.92 Å². The molecule has 0 spiro atoms. The molecule has 2 aromatic carbocycles. The number of amides is 2. The lowest BCUT2D eigenvalue weighted by atomic mass is 10.0. The minimum atomic E-state index is -0.315. The summed E-state index contributed by atoms with van der Waals surface area (Å²) in [5.41, 5.74) is 4.65. The number of aryl methyl sites for hydroxylation is 3. The molecule has 0 aliphatic carbocycles. The summed E-state index contributed by atoms with van der Waals surface area (Å²) in [6, 6.07) is 11.1. The standard InChI is InChI=1S/C26H32BrN5O2S/c1-7-32-24(23(15(2)3)29-25(34)19-10-8-9-16(4)11-19)30-31-26(32)35-14-22(33)28-21-13-18(6)17(5)12-20(21)27/h8-13,15,23H,7,14H2,1-6H3,(H,28,33)(H,29,34)/t23-/m1/s1. The van der Waals surface area contributed by atoms with Gasteiger partial charge in [-0.2, -0.15) is 0 Å². The van der Waals surface area contributed by atoms with Crippen molar-refractivity contribution in [2.45, 2.75) is 59.3 Å². The molecule has 35 heavy (non-hydrogen) atoms. The normalized spacial score (nSPS) is 12.0. The number of hydrogen-bond donors (Lipinski definition) is 2. The van der Waals surface area contributed by atoms with Crippen molar-refractivity contribution in [1.82, 2.24) is 20.1 Å². The fraction of sp³-hybridized carbons (Fsp3) is 0.385. The van der Waals surface area contributed by atoms with Crippen LogP contribution in [0.5, 0.6) is 0 Å². The number of aromatic nitrogens is 3. The van der Waals surface area contributed by atoms with Crippen LogP contribution in [-0.4, -0.2) is 32.3 Å². The fourth-order valence-corrected chi connectivity index (χ4v) is 5.03. The Labute approximate surface area is 219 Å². The van der Waals surface area contributed by atoms with Crippen molar-refractivity contribution >= 4 is 45.2 Å².